The Hall–Kier alpha value is -0.580. The van der Waals surface area contributed by atoms with Crippen molar-refractivity contribution in [2.24, 2.45) is 11.1 Å². The number of amides is 1. The number of carbonyl (C=O) groups excluding carboxylic acids is 1. The van der Waals surface area contributed by atoms with Gasteiger partial charge in [0.1, 0.15) is 0 Å². The molecule has 0 spiro atoms. The lowest BCUT2D eigenvalue weighted by Crippen LogP contribution is -2.45. The van der Waals surface area contributed by atoms with E-state index in [0.29, 0.717) is 10.7 Å². The fraction of sp³-hybridized carbons (Fsp3) is 0.417. The SMILES string of the molecule is CC(C)(C)[C@@H](N)C(=O)Nc1cc(Cl)ccc1Br. The minimum absolute atomic E-state index is 0.222. The zero-order chi connectivity index (χ0) is 13.2. The van der Waals surface area contributed by atoms with Crippen LogP contribution in [0.25, 0.3) is 0 Å². The number of hydrogen-bond donors (Lipinski definition) is 2. The molecule has 0 aliphatic carbocycles. The summed E-state index contributed by atoms with van der Waals surface area (Å²) in [5.74, 6) is -0.222. The van der Waals surface area contributed by atoms with Crippen LogP contribution in [-0.2, 0) is 4.79 Å². The molecule has 5 heteroatoms. The molecular formula is C12H16BrClN2O. The maximum atomic E-state index is 11.9. The highest BCUT2D eigenvalue weighted by Crippen LogP contribution is 2.27. The largest absolute Gasteiger partial charge is 0.324 e. The molecule has 0 aliphatic rings. The van der Waals surface area contributed by atoms with E-state index < -0.39 is 6.04 Å². The van der Waals surface area contributed by atoms with E-state index in [2.05, 4.69) is 21.2 Å². The van der Waals surface area contributed by atoms with E-state index in [1.165, 1.54) is 0 Å². The first-order valence-corrected chi connectivity index (χ1v) is 6.40. The maximum Gasteiger partial charge on any atom is 0.241 e. The Morgan fingerprint density at radius 1 is 1.47 bits per heavy atom. The summed E-state index contributed by atoms with van der Waals surface area (Å²) < 4.78 is 0.774. The standard InChI is InChI=1S/C12H16BrClN2O/c1-12(2,3)10(15)11(17)16-9-6-7(14)4-5-8(9)13/h4-6,10H,15H2,1-3H3,(H,16,17)/t10-/m0/s1. The molecule has 94 valence electrons. The summed E-state index contributed by atoms with van der Waals surface area (Å²) in [7, 11) is 0. The molecule has 0 saturated carbocycles. The van der Waals surface area contributed by atoms with E-state index in [-0.39, 0.29) is 11.3 Å². The molecule has 3 N–H and O–H groups in total. The van der Waals surface area contributed by atoms with Gasteiger partial charge in [-0.15, -0.1) is 0 Å². The Kier molecular flexibility index (Phi) is 4.58. The van der Waals surface area contributed by atoms with Crippen LogP contribution in [0, 0.1) is 5.41 Å². The number of benzene rings is 1. The molecule has 1 atom stereocenters. The second kappa shape index (κ2) is 5.38. The number of carbonyl (C=O) groups is 1. The van der Waals surface area contributed by atoms with Crippen LogP contribution in [-0.4, -0.2) is 11.9 Å². The molecule has 1 rings (SSSR count). The molecule has 0 aromatic heterocycles. The second-order valence-corrected chi connectivity index (χ2v) is 6.25. The van der Waals surface area contributed by atoms with Crippen molar-refractivity contribution in [3.63, 3.8) is 0 Å². The third-order valence-corrected chi connectivity index (χ3v) is 3.33. The molecular weight excluding hydrogens is 304 g/mol. The number of halogens is 2. The van der Waals surface area contributed by atoms with Crippen molar-refractivity contribution in [3.05, 3.63) is 27.7 Å². The van der Waals surface area contributed by atoms with Crippen molar-refractivity contribution in [2.45, 2.75) is 26.8 Å². The van der Waals surface area contributed by atoms with E-state index >= 15 is 0 Å². The van der Waals surface area contributed by atoms with Gasteiger partial charge in [-0.1, -0.05) is 32.4 Å². The van der Waals surface area contributed by atoms with Gasteiger partial charge in [-0.05, 0) is 39.5 Å². The lowest BCUT2D eigenvalue weighted by atomic mass is 9.87. The highest BCUT2D eigenvalue weighted by Gasteiger charge is 2.27. The van der Waals surface area contributed by atoms with Crippen molar-refractivity contribution in [3.8, 4) is 0 Å². The predicted octanol–water partition coefficient (Wildman–Crippen LogP) is 3.41. The molecule has 3 nitrogen and oxygen atoms in total. The van der Waals surface area contributed by atoms with Gasteiger partial charge < -0.3 is 11.1 Å². The van der Waals surface area contributed by atoms with Gasteiger partial charge >= 0.3 is 0 Å². The smallest absolute Gasteiger partial charge is 0.241 e. The van der Waals surface area contributed by atoms with Crippen LogP contribution in [0.3, 0.4) is 0 Å². The molecule has 1 amide bonds. The number of nitrogens with one attached hydrogen (secondary N) is 1. The first kappa shape index (κ1) is 14.5. The quantitative estimate of drug-likeness (QED) is 0.877. The molecule has 17 heavy (non-hydrogen) atoms. The zero-order valence-electron chi connectivity index (χ0n) is 10.1. The Morgan fingerprint density at radius 3 is 2.59 bits per heavy atom. The van der Waals surface area contributed by atoms with Gasteiger partial charge in [0.2, 0.25) is 5.91 Å². The first-order chi connectivity index (χ1) is 7.71. The van der Waals surface area contributed by atoms with Crippen LogP contribution in [0.15, 0.2) is 22.7 Å². The van der Waals surface area contributed by atoms with Gasteiger partial charge in [-0.3, -0.25) is 4.79 Å². The highest BCUT2D eigenvalue weighted by atomic mass is 79.9. The van der Waals surface area contributed by atoms with Crippen LogP contribution in [0.2, 0.25) is 5.02 Å². The Balaban J connectivity index is 2.85. The van der Waals surface area contributed by atoms with E-state index in [1.807, 2.05) is 20.8 Å². The molecule has 0 saturated heterocycles. The summed E-state index contributed by atoms with van der Waals surface area (Å²) in [5.41, 5.74) is 6.21. The minimum atomic E-state index is -0.576. The second-order valence-electron chi connectivity index (χ2n) is 4.96. The molecule has 0 bridgehead atoms. The van der Waals surface area contributed by atoms with E-state index in [0.717, 1.165) is 4.47 Å². The fourth-order valence-electron chi connectivity index (χ4n) is 1.20. The summed E-state index contributed by atoms with van der Waals surface area (Å²) in [4.78, 5) is 11.9. The van der Waals surface area contributed by atoms with Crippen LogP contribution < -0.4 is 11.1 Å². The molecule has 0 heterocycles. The first-order valence-electron chi connectivity index (χ1n) is 5.23. The van der Waals surface area contributed by atoms with Gasteiger partial charge in [-0.2, -0.15) is 0 Å². The third-order valence-electron chi connectivity index (χ3n) is 2.40. The topological polar surface area (TPSA) is 55.1 Å². The van der Waals surface area contributed by atoms with Crippen molar-refractivity contribution < 1.29 is 4.79 Å². The number of rotatable bonds is 2. The van der Waals surface area contributed by atoms with Gasteiger partial charge in [0, 0.05) is 9.50 Å². The highest BCUT2D eigenvalue weighted by molar-refractivity contribution is 9.10. The Morgan fingerprint density at radius 2 is 2.06 bits per heavy atom. The fourth-order valence-corrected chi connectivity index (χ4v) is 1.71. The lowest BCUT2D eigenvalue weighted by Gasteiger charge is -2.26. The van der Waals surface area contributed by atoms with Crippen LogP contribution in [0.5, 0.6) is 0 Å². The number of nitrogens with two attached hydrogens (primary N) is 1. The monoisotopic (exact) mass is 318 g/mol. The van der Waals surface area contributed by atoms with E-state index in [1.54, 1.807) is 18.2 Å². The van der Waals surface area contributed by atoms with Crippen LogP contribution >= 0.6 is 27.5 Å². The van der Waals surface area contributed by atoms with Crippen LogP contribution in [0.1, 0.15) is 20.8 Å². The molecule has 1 aromatic rings. The number of hydrogen-bond acceptors (Lipinski definition) is 2. The third kappa shape index (κ3) is 3.98. The summed E-state index contributed by atoms with van der Waals surface area (Å²) in [6.45, 7) is 5.76. The average molecular weight is 320 g/mol. The summed E-state index contributed by atoms with van der Waals surface area (Å²) in [6, 6.07) is 4.62. The maximum absolute atomic E-state index is 11.9. The molecule has 0 radical (unpaired) electrons. The van der Waals surface area contributed by atoms with E-state index in [9.17, 15) is 4.79 Å². The van der Waals surface area contributed by atoms with Gasteiger partial charge in [-0.25, -0.2) is 0 Å². The zero-order valence-corrected chi connectivity index (χ0v) is 12.4. The molecule has 0 fully saturated rings. The van der Waals surface area contributed by atoms with Gasteiger partial charge in [0.15, 0.2) is 0 Å². The Labute approximate surface area is 115 Å². The van der Waals surface area contributed by atoms with Crippen LogP contribution in [0.4, 0.5) is 5.69 Å². The minimum Gasteiger partial charge on any atom is -0.324 e. The summed E-state index contributed by atoms with van der Waals surface area (Å²) >= 11 is 9.21. The molecule has 1 aromatic carbocycles. The average Bonchev–Trinajstić information content (AvgIpc) is 2.21. The number of anilines is 1. The van der Waals surface area contributed by atoms with Crippen molar-refractivity contribution >= 4 is 39.1 Å². The lowest BCUT2D eigenvalue weighted by molar-refractivity contribution is -0.119. The van der Waals surface area contributed by atoms with Gasteiger partial charge in [0.05, 0.1) is 11.7 Å². The van der Waals surface area contributed by atoms with Gasteiger partial charge in [0.25, 0.3) is 0 Å². The Bertz CT molecular complexity index is 429. The summed E-state index contributed by atoms with van der Waals surface area (Å²) in [5, 5.41) is 3.32. The molecule has 0 aliphatic heterocycles. The normalized spacial score (nSPS) is 13.3. The van der Waals surface area contributed by atoms with E-state index in [4.69, 9.17) is 17.3 Å². The summed E-state index contributed by atoms with van der Waals surface area (Å²) in [6.07, 6.45) is 0. The van der Waals surface area contributed by atoms with Crippen molar-refractivity contribution in [2.75, 3.05) is 5.32 Å². The molecule has 0 unspecified atom stereocenters. The van der Waals surface area contributed by atoms with Crippen molar-refractivity contribution in [1.82, 2.24) is 0 Å². The predicted molar refractivity (Wildman–Crippen MR) is 75.2 cm³/mol. The van der Waals surface area contributed by atoms with Crippen molar-refractivity contribution in [1.29, 1.82) is 0 Å².